The van der Waals surface area contributed by atoms with Crippen molar-refractivity contribution in [2.75, 3.05) is 13.1 Å². The Bertz CT molecular complexity index is 123. The van der Waals surface area contributed by atoms with E-state index in [2.05, 4.69) is 32.6 Å². The first-order chi connectivity index (χ1) is 5.63. The largest absolute Gasteiger partial charge is 0.300 e. The van der Waals surface area contributed by atoms with E-state index in [1.807, 2.05) is 0 Å². The van der Waals surface area contributed by atoms with Gasteiger partial charge in [0.15, 0.2) is 0 Å². The molecule has 0 amide bonds. The molecule has 0 aromatic heterocycles. The molecule has 0 aromatic carbocycles. The van der Waals surface area contributed by atoms with Gasteiger partial charge in [-0.3, -0.25) is 0 Å². The Labute approximate surface area is 77.1 Å². The normalized spacial score (nSPS) is 35.0. The van der Waals surface area contributed by atoms with E-state index in [4.69, 9.17) is 0 Å². The molecule has 0 N–H and O–H groups in total. The van der Waals surface area contributed by atoms with E-state index in [0.717, 1.165) is 17.9 Å². The summed E-state index contributed by atoms with van der Waals surface area (Å²) in [6.07, 6.45) is 2.71. The zero-order valence-corrected chi connectivity index (χ0v) is 9.01. The van der Waals surface area contributed by atoms with Crippen molar-refractivity contribution in [1.82, 2.24) is 4.90 Å². The Balaban J connectivity index is 2.43. The summed E-state index contributed by atoms with van der Waals surface area (Å²) in [6, 6.07) is 0.787. The highest BCUT2D eigenvalue weighted by molar-refractivity contribution is 4.77. The summed E-state index contributed by atoms with van der Waals surface area (Å²) in [5.74, 6) is 1.81. The van der Waals surface area contributed by atoms with Gasteiger partial charge in [-0.1, -0.05) is 20.8 Å². The van der Waals surface area contributed by atoms with Gasteiger partial charge in [0, 0.05) is 19.1 Å². The molecule has 1 nitrogen and oxygen atoms in total. The van der Waals surface area contributed by atoms with Crippen LogP contribution in [0.25, 0.3) is 0 Å². The molecule has 1 rings (SSSR count). The SMILES string of the molecule is CCC(C)N1CC(C)CC(C)C1. The Morgan fingerprint density at radius 2 is 1.75 bits per heavy atom. The second-order valence-electron chi connectivity index (χ2n) is 4.66. The predicted octanol–water partition coefficient (Wildman–Crippen LogP) is 2.76. The number of hydrogen-bond acceptors (Lipinski definition) is 1. The third-order valence-electron chi connectivity index (χ3n) is 3.11. The Kier molecular flexibility index (Phi) is 3.57. The second kappa shape index (κ2) is 4.27. The van der Waals surface area contributed by atoms with Crippen molar-refractivity contribution in [3.05, 3.63) is 0 Å². The smallest absolute Gasteiger partial charge is 0.00645 e. The first kappa shape index (κ1) is 10.0. The molecular weight excluding hydrogens is 146 g/mol. The molecule has 0 aromatic rings. The number of nitrogens with zero attached hydrogens (tertiary/aromatic N) is 1. The lowest BCUT2D eigenvalue weighted by Crippen LogP contribution is -2.43. The van der Waals surface area contributed by atoms with Crippen LogP contribution in [0.15, 0.2) is 0 Å². The van der Waals surface area contributed by atoms with Crippen molar-refractivity contribution in [3.8, 4) is 0 Å². The highest BCUT2D eigenvalue weighted by Crippen LogP contribution is 2.23. The molecule has 3 unspecified atom stereocenters. The average molecular weight is 169 g/mol. The van der Waals surface area contributed by atoms with Crippen LogP contribution in [0.4, 0.5) is 0 Å². The van der Waals surface area contributed by atoms with Gasteiger partial charge in [-0.2, -0.15) is 0 Å². The monoisotopic (exact) mass is 169 g/mol. The van der Waals surface area contributed by atoms with Crippen LogP contribution in [-0.2, 0) is 0 Å². The van der Waals surface area contributed by atoms with Gasteiger partial charge >= 0.3 is 0 Å². The maximum atomic E-state index is 2.65. The highest BCUT2D eigenvalue weighted by atomic mass is 15.2. The Hall–Kier alpha value is -0.0400. The van der Waals surface area contributed by atoms with Gasteiger partial charge in [0.05, 0.1) is 0 Å². The highest BCUT2D eigenvalue weighted by Gasteiger charge is 2.23. The standard InChI is InChI=1S/C11H23N/c1-5-11(4)12-7-9(2)6-10(3)8-12/h9-11H,5-8H2,1-4H3. The Morgan fingerprint density at radius 3 is 2.17 bits per heavy atom. The predicted molar refractivity (Wildman–Crippen MR) is 54.3 cm³/mol. The Morgan fingerprint density at radius 1 is 1.25 bits per heavy atom. The first-order valence-electron chi connectivity index (χ1n) is 5.37. The quantitative estimate of drug-likeness (QED) is 0.614. The van der Waals surface area contributed by atoms with Gasteiger partial charge in [-0.15, -0.1) is 0 Å². The second-order valence-corrected chi connectivity index (χ2v) is 4.66. The molecule has 1 heteroatoms. The van der Waals surface area contributed by atoms with Crippen molar-refractivity contribution < 1.29 is 0 Å². The molecule has 0 spiro atoms. The van der Waals surface area contributed by atoms with E-state index in [9.17, 15) is 0 Å². The maximum absolute atomic E-state index is 2.65. The molecule has 0 saturated carbocycles. The zero-order valence-electron chi connectivity index (χ0n) is 9.01. The molecule has 1 aliphatic heterocycles. The fourth-order valence-electron chi connectivity index (χ4n) is 2.33. The summed E-state index contributed by atoms with van der Waals surface area (Å²) in [4.78, 5) is 2.65. The molecule has 12 heavy (non-hydrogen) atoms. The van der Waals surface area contributed by atoms with Crippen molar-refractivity contribution in [3.63, 3.8) is 0 Å². The number of rotatable bonds is 2. The fraction of sp³-hybridized carbons (Fsp3) is 1.00. The minimum Gasteiger partial charge on any atom is -0.300 e. The molecule has 1 saturated heterocycles. The van der Waals surface area contributed by atoms with Crippen LogP contribution in [0.5, 0.6) is 0 Å². The minimum absolute atomic E-state index is 0.787. The lowest BCUT2D eigenvalue weighted by Gasteiger charge is -2.38. The molecule has 1 fully saturated rings. The van der Waals surface area contributed by atoms with Gasteiger partial charge in [0.25, 0.3) is 0 Å². The van der Waals surface area contributed by atoms with Crippen LogP contribution in [-0.4, -0.2) is 24.0 Å². The lowest BCUT2D eigenvalue weighted by molar-refractivity contribution is 0.101. The number of likely N-dealkylation sites (tertiary alicyclic amines) is 1. The van der Waals surface area contributed by atoms with Gasteiger partial charge in [-0.25, -0.2) is 0 Å². The van der Waals surface area contributed by atoms with Crippen LogP contribution < -0.4 is 0 Å². The van der Waals surface area contributed by atoms with Crippen LogP contribution >= 0.6 is 0 Å². The lowest BCUT2D eigenvalue weighted by atomic mass is 9.91. The fourth-order valence-corrected chi connectivity index (χ4v) is 2.33. The third-order valence-corrected chi connectivity index (χ3v) is 3.11. The molecule has 0 aliphatic carbocycles. The van der Waals surface area contributed by atoms with Crippen molar-refractivity contribution >= 4 is 0 Å². The van der Waals surface area contributed by atoms with E-state index < -0.39 is 0 Å². The van der Waals surface area contributed by atoms with Gasteiger partial charge in [0.1, 0.15) is 0 Å². The average Bonchev–Trinajstić information content (AvgIpc) is 2.01. The van der Waals surface area contributed by atoms with Gasteiger partial charge < -0.3 is 4.90 Å². The van der Waals surface area contributed by atoms with E-state index in [1.165, 1.54) is 25.9 Å². The molecule has 3 atom stereocenters. The van der Waals surface area contributed by atoms with Crippen LogP contribution in [0.1, 0.15) is 40.5 Å². The third kappa shape index (κ3) is 2.48. The van der Waals surface area contributed by atoms with Crippen LogP contribution in [0, 0.1) is 11.8 Å². The van der Waals surface area contributed by atoms with Crippen molar-refractivity contribution in [2.45, 2.75) is 46.6 Å². The summed E-state index contributed by atoms with van der Waals surface area (Å²) >= 11 is 0. The van der Waals surface area contributed by atoms with Crippen molar-refractivity contribution in [1.29, 1.82) is 0 Å². The minimum atomic E-state index is 0.787. The van der Waals surface area contributed by atoms with Crippen molar-refractivity contribution in [2.24, 2.45) is 11.8 Å². The topological polar surface area (TPSA) is 3.24 Å². The maximum Gasteiger partial charge on any atom is 0.00645 e. The summed E-state index contributed by atoms with van der Waals surface area (Å²) in [6.45, 7) is 12.0. The number of piperidine rings is 1. The van der Waals surface area contributed by atoms with Crippen LogP contribution in [0.2, 0.25) is 0 Å². The van der Waals surface area contributed by atoms with E-state index in [1.54, 1.807) is 0 Å². The van der Waals surface area contributed by atoms with Gasteiger partial charge in [0.2, 0.25) is 0 Å². The number of hydrogen-bond donors (Lipinski definition) is 0. The zero-order chi connectivity index (χ0) is 9.14. The molecule has 1 aliphatic rings. The van der Waals surface area contributed by atoms with Crippen LogP contribution in [0.3, 0.4) is 0 Å². The summed E-state index contributed by atoms with van der Waals surface area (Å²) < 4.78 is 0. The van der Waals surface area contributed by atoms with E-state index >= 15 is 0 Å². The summed E-state index contributed by atoms with van der Waals surface area (Å²) in [5.41, 5.74) is 0. The summed E-state index contributed by atoms with van der Waals surface area (Å²) in [7, 11) is 0. The van der Waals surface area contributed by atoms with Gasteiger partial charge in [-0.05, 0) is 31.6 Å². The molecule has 0 bridgehead atoms. The molecule has 0 radical (unpaired) electrons. The van der Waals surface area contributed by atoms with E-state index in [0.29, 0.717) is 0 Å². The molecular formula is C11H23N. The molecule has 72 valence electrons. The van der Waals surface area contributed by atoms with E-state index in [-0.39, 0.29) is 0 Å². The first-order valence-corrected chi connectivity index (χ1v) is 5.37. The molecule has 1 heterocycles. The summed E-state index contributed by atoms with van der Waals surface area (Å²) in [5, 5.41) is 0.